The summed E-state index contributed by atoms with van der Waals surface area (Å²) in [6.45, 7) is 3.65. The van der Waals surface area contributed by atoms with E-state index < -0.39 is 11.8 Å². The molecule has 3 amide bonds. The molecule has 0 spiro atoms. The molecule has 0 fully saturated rings. The van der Waals surface area contributed by atoms with Gasteiger partial charge in [0.1, 0.15) is 5.76 Å². The Balaban J connectivity index is 1.56. The molecular formula is C25H25ClN4O6. The molecule has 3 aromatic rings. The van der Waals surface area contributed by atoms with Gasteiger partial charge in [0.15, 0.2) is 18.1 Å². The van der Waals surface area contributed by atoms with Crippen LogP contribution in [0.1, 0.15) is 22.5 Å². The summed E-state index contributed by atoms with van der Waals surface area (Å²) in [4.78, 5) is 36.1. The fraction of sp³-hybridized carbons (Fsp3) is 0.200. The molecule has 3 rings (SSSR count). The van der Waals surface area contributed by atoms with Gasteiger partial charge in [0.05, 0.1) is 31.2 Å². The van der Waals surface area contributed by atoms with E-state index in [4.69, 9.17) is 25.5 Å². The summed E-state index contributed by atoms with van der Waals surface area (Å²) in [5, 5.41) is 9.12. The van der Waals surface area contributed by atoms with Crippen molar-refractivity contribution in [3.05, 3.63) is 76.2 Å². The maximum absolute atomic E-state index is 12.4. The summed E-state index contributed by atoms with van der Waals surface area (Å²) >= 11 is 6.32. The van der Waals surface area contributed by atoms with Gasteiger partial charge in [-0.3, -0.25) is 14.4 Å². The number of ether oxygens (including phenoxy) is 2. The van der Waals surface area contributed by atoms with E-state index in [1.165, 1.54) is 25.7 Å². The molecule has 10 nitrogen and oxygen atoms in total. The largest absolute Gasteiger partial charge is 0.493 e. The van der Waals surface area contributed by atoms with E-state index in [9.17, 15) is 14.4 Å². The van der Waals surface area contributed by atoms with Crippen molar-refractivity contribution in [3.8, 4) is 11.5 Å². The number of halogens is 1. The van der Waals surface area contributed by atoms with Crippen LogP contribution < -0.4 is 25.5 Å². The molecule has 3 N–H and O–H groups in total. The van der Waals surface area contributed by atoms with Crippen LogP contribution in [0.4, 0.5) is 5.69 Å². The minimum atomic E-state index is -0.953. The van der Waals surface area contributed by atoms with Crippen molar-refractivity contribution in [2.75, 3.05) is 19.0 Å². The van der Waals surface area contributed by atoms with Crippen LogP contribution in [0.15, 0.2) is 58.2 Å². The maximum Gasteiger partial charge on any atom is 0.329 e. The van der Waals surface area contributed by atoms with E-state index in [1.54, 1.807) is 18.2 Å². The highest BCUT2D eigenvalue weighted by Crippen LogP contribution is 2.36. The topological polar surface area (TPSA) is 131 Å². The molecule has 1 heterocycles. The Kier molecular flexibility index (Phi) is 9.07. The number of carbonyl (C=O) groups excluding carboxylic acids is 3. The number of benzene rings is 2. The van der Waals surface area contributed by atoms with Gasteiger partial charge in [-0.25, -0.2) is 5.43 Å². The average Bonchev–Trinajstić information content (AvgIpc) is 3.37. The highest BCUT2D eigenvalue weighted by molar-refractivity contribution is 6.35. The van der Waals surface area contributed by atoms with Crippen LogP contribution in [0.3, 0.4) is 0 Å². The Morgan fingerprint density at radius 1 is 1.11 bits per heavy atom. The standard InChI is InChI=1S/C25H25ClN4O6/c1-15-6-7-20(16(2)9-15)29-22(31)14-36-23-19(26)10-17(11-21(23)34-3)12-28-30-25(33)24(32)27-13-18-5-4-8-35-18/h4-12H,13-14H2,1-3H3,(H,27,32)(H,29,31)(H,30,33)/b28-12-. The Hall–Kier alpha value is -4.31. The van der Waals surface area contributed by atoms with Crippen LogP contribution in [0.25, 0.3) is 0 Å². The van der Waals surface area contributed by atoms with Crippen LogP contribution in [0, 0.1) is 13.8 Å². The molecule has 0 bridgehead atoms. The molecule has 0 unspecified atom stereocenters. The van der Waals surface area contributed by atoms with E-state index >= 15 is 0 Å². The molecule has 0 saturated carbocycles. The first-order chi connectivity index (χ1) is 17.3. The van der Waals surface area contributed by atoms with Crippen LogP contribution in [-0.2, 0) is 20.9 Å². The van der Waals surface area contributed by atoms with Crippen molar-refractivity contribution < 1.29 is 28.3 Å². The Morgan fingerprint density at radius 3 is 2.61 bits per heavy atom. The third-order valence-corrected chi connectivity index (χ3v) is 5.13. The molecule has 0 aliphatic carbocycles. The number of hydrogen-bond donors (Lipinski definition) is 3. The highest BCUT2D eigenvalue weighted by atomic mass is 35.5. The molecule has 188 valence electrons. The lowest BCUT2D eigenvalue weighted by Crippen LogP contribution is -2.37. The summed E-state index contributed by atoms with van der Waals surface area (Å²) in [7, 11) is 1.42. The molecule has 0 aliphatic rings. The molecule has 0 atom stereocenters. The summed E-state index contributed by atoms with van der Waals surface area (Å²) in [5.41, 5.74) is 5.30. The van der Waals surface area contributed by atoms with Gasteiger partial charge in [-0.2, -0.15) is 5.10 Å². The van der Waals surface area contributed by atoms with Crippen molar-refractivity contribution in [2.45, 2.75) is 20.4 Å². The number of aryl methyl sites for hydroxylation is 2. The lowest BCUT2D eigenvalue weighted by molar-refractivity contribution is -0.139. The molecule has 0 radical (unpaired) electrons. The minimum Gasteiger partial charge on any atom is -0.493 e. The minimum absolute atomic E-state index is 0.0693. The zero-order valence-corrected chi connectivity index (χ0v) is 20.6. The van der Waals surface area contributed by atoms with Crippen LogP contribution >= 0.6 is 11.6 Å². The zero-order valence-electron chi connectivity index (χ0n) is 19.9. The SMILES string of the molecule is COc1cc(/C=N\NC(=O)C(=O)NCc2ccco2)cc(Cl)c1OCC(=O)Nc1ccc(C)cc1C. The number of nitrogens with zero attached hydrogens (tertiary/aromatic N) is 1. The van der Waals surface area contributed by atoms with Crippen molar-refractivity contribution in [1.82, 2.24) is 10.7 Å². The van der Waals surface area contributed by atoms with Crippen LogP contribution in [0.5, 0.6) is 11.5 Å². The van der Waals surface area contributed by atoms with Gasteiger partial charge in [0, 0.05) is 5.69 Å². The number of methoxy groups -OCH3 is 1. The third kappa shape index (κ3) is 7.34. The molecule has 1 aromatic heterocycles. The lowest BCUT2D eigenvalue weighted by atomic mass is 10.1. The smallest absolute Gasteiger partial charge is 0.329 e. The summed E-state index contributed by atoms with van der Waals surface area (Å²) < 4.78 is 16.0. The predicted molar refractivity (Wildman–Crippen MR) is 134 cm³/mol. The summed E-state index contributed by atoms with van der Waals surface area (Å²) in [6, 6.07) is 12.1. The predicted octanol–water partition coefficient (Wildman–Crippen LogP) is 3.34. The monoisotopic (exact) mass is 512 g/mol. The average molecular weight is 513 g/mol. The number of carbonyl (C=O) groups is 3. The molecular weight excluding hydrogens is 488 g/mol. The molecule has 2 aromatic carbocycles. The van der Waals surface area contributed by atoms with Gasteiger partial charge in [-0.1, -0.05) is 29.3 Å². The van der Waals surface area contributed by atoms with Crippen molar-refractivity contribution in [2.24, 2.45) is 5.10 Å². The third-order valence-electron chi connectivity index (χ3n) is 4.84. The van der Waals surface area contributed by atoms with Gasteiger partial charge in [0.2, 0.25) is 0 Å². The quantitative estimate of drug-likeness (QED) is 0.229. The number of amides is 3. The number of rotatable bonds is 9. The fourth-order valence-corrected chi connectivity index (χ4v) is 3.38. The summed E-state index contributed by atoms with van der Waals surface area (Å²) in [5.74, 6) is -1.25. The first-order valence-corrected chi connectivity index (χ1v) is 11.2. The van der Waals surface area contributed by atoms with Crippen LogP contribution in [-0.4, -0.2) is 37.7 Å². The van der Waals surface area contributed by atoms with E-state index in [1.807, 2.05) is 32.0 Å². The zero-order chi connectivity index (χ0) is 26.1. The number of hydrazone groups is 1. The second-order valence-corrected chi connectivity index (χ2v) is 8.06. The van der Waals surface area contributed by atoms with Crippen molar-refractivity contribution in [3.63, 3.8) is 0 Å². The number of hydrogen-bond acceptors (Lipinski definition) is 7. The second kappa shape index (κ2) is 12.4. The fourth-order valence-electron chi connectivity index (χ4n) is 3.11. The Labute approximate surface area is 212 Å². The Bertz CT molecular complexity index is 1270. The van der Waals surface area contributed by atoms with E-state index in [2.05, 4.69) is 21.2 Å². The van der Waals surface area contributed by atoms with Gasteiger partial charge >= 0.3 is 11.8 Å². The molecule has 0 saturated heterocycles. The summed E-state index contributed by atoms with van der Waals surface area (Å²) in [6.07, 6.45) is 2.74. The maximum atomic E-state index is 12.4. The first-order valence-electron chi connectivity index (χ1n) is 10.8. The van der Waals surface area contributed by atoms with E-state index in [0.29, 0.717) is 17.0 Å². The van der Waals surface area contributed by atoms with Crippen LogP contribution in [0.2, 0.25) is 5.02 Å². The highest BCUT2D eigenvalue weighted by Gasteiger charge is 2.15. The van der Waals surface area contributed by atoms with Gasteiger partial charge in [0.25, 0.3) is 5.91 Å². The number of anilines is 1. The van der Waals surface area contributed by atoms with Crippen molar-refractivity contribution in [1.29, 1.82) is 0 Å². The lowest BCUT2D eigenvalue weighted by Gasteiger charge is -2.14. The number of nitrogens with one attached hydrogen (secondary N) is 3. The van der Waals surface area contributed by atoms with E-state index in [-0.39, 0.29) is 35.6 Å². The normalized spacial score (nSPS) is 10.7. The van der Waals surface area contributed by atoms with Gasteiger partial charge in [-0.15, -0.1) is 0 Å². The molecule has 36 heavy (non-hydrogen) atoms. The van der Waals surface area contributed by atoms with Gasteiger partial charge < -0.3 is 24.5 Å². The van der Waals surface area contributed by atoms with Gasteiger partial charge in [-0.05, 0) is 55.3 Å². The van der Waals surface area contributed by atoms with E-state index in [0.717, 1.165) is 11.1 Å². The van der Waals surface area contributed by atoms with Crippen molar-refractivity contribution >= 4 is 41.2 Å². The molecule has 0 aliphatic heterocycles. The molecule has 11 heteroatoms. The second-order valence-electron chi connectivity index (χ2n) is 7.65. The Morgan fingerprint density at radius 2 is 1.92 bits per heavy atom. The number of furan rings is 1. The first kappa shape index (κ1) is 26.3.